The fourth-order valence-electron chi connectivity index (χ4n) is 4.36. The van der Waals surface area contributed by atoms with Gasteiger partial charge in [-0.05, 0) is 16.7 Å². The average molecular weight is 637 g/mol. The van der Waals surface area contributed by atoms with Crippen LogP contribution >= 0.6 is 34.8 Å². The molecule has 1 fully saturated rings. The summed E-state index contributed by atoms with van der Waals surface area (Å²) in [6.07, 6.45) is -4.69. The quantitative estimate of drug-likeness (QED) is 0.106. The normalized spacial score (nSPS) is 22.3. The first kappa shape index (κ1) is 32.2. The van der Waals surface area contributed by atoms with Gasteiger partial charge in [-0.3, -0.25) is 10.2 Å². The highest BCUT2D eigenvalue weighted by molar-refractivity contribution is 6.76. The van der Waals surface area contributed by atoms with Crippen molar-refractivity contribution in [1.82, 2.24) is 0 Å². The fourth-order valence-corrected chi connectivity index (χ4v) is 4.49. The molecule has 0 aliphatic carbocycles. The molecule has 42 heavy (non-hydrogen) atoms. The van der Waals surface area contributed by atoms with Gasteiger partial charge < -0.3 is 28.4 Å². The first-order valence-electron chi connectivity index (χ1n) is 13.3. The van der Waals surface area contributed by atoms with Gasteiger partial charge in [-0.1, -0.05) is 126 Å². The van der Waals surface area contributed by atoms with Crippen LogP contribution < -0.4 is 0 Å². The number of carbonyl (C=O) groups is 1. The van der Waals surface area contributed by atoms with E-state index in [0.717, 1.165) is 16.7 Å². The van der Waals surface area contributed by atoms with E-state index >= 15 is 0 Å². The highest BCUT2D eigenvalue weighted by Gasteiger charge is 2.51. The van der Waals surface area contributed by atoms with Gasteiger partial charge >= 0.3 is 5.97 Å². The van der Waals surface area contributed by atoms with Crippen molar-refractivity contribution < 1.29 is 33.2 Å². The van der Waals surface area contributed by atoms with Crippen LogP contribution in [0.4, 0.5) is 0 Å². The molecule has 0 spiro atoms. The van der Waals surface area contributed by atoms with Crippen LogP contribution in [0.25, 0.3) is 0 Å². The van der Waals surface area contributed by atoms with Gasteiger partial charge in [0.1, 0.15) is 31.0 Å². The molecule has 0 aromatic heterocycles. The van der Waals surface area contributed by atoms with E-state index in [2.05, 4.69) is 0 Å². The predicted molar refractivity (Wildman–Crippen MR) is 159 cm³/mol. The number of benzene rings is 3. The van der Waals surface area contributed by atoms with Gasteiger partial charge in [-0.2, -0.15) is 0 Å². The molecule has 3 aromatic carbocycles. The van der Waals surface area contributed by atoms with Crippen LogP contribution in [0.2, 0.25) is 0 Å². The molecule has 0 bridgehead atoms. The summed E-state index contributed by atoms with van der Waals surface area (Å²) in [6, 6.07) is 28.7. The monoisotopic (exact) mass is 635 g/mol. The van der Waals surface area contributed by atoms with Gasteiger partial charge in [0, 0.05) is 6.92 Å². The molecule has 3 unspecified atom stereocenters. The van der Waals surface area contributed by atoms with E-state index in [1.807, 2.05) is 91.0 Å². The first-order chi connectivity index (χ1) is 20.2. The van der Waals surface area contributed by atoms with Crippen molar-refractivity contribution in [2.45, 2.75) is 61.2 Å². The van der Waals surface area contributed by atoms with Crippen LogP contribution in [0.3, 0.4) is 0 Å². The second-order valence-corrected chi connectivity index (χ2v) is 11.9. The lowest BCUT2D eigenvalue weighted by atomic mass is 9.97. The molecule has 0 radical (unpaired) electrons. The largest absolute Gasteiger partial charge is 0.463 e. The zero-order valence-electron chi connectivity index (χ0n) is 22.9. The molecule has 0 saturated carbocycles. The number of ether oxygens (including phenoxy) is 6. The third-order valence-electron chi connectivity index (χ3n) is 6.39. The Morgan fingerprint density at radius 1 is 0.738 bits per heavy atom. The number of halogens is 3. The van der Waals surface area contributed by atoms with Crippen LogP contribution in [-0.2, 0) is 53.0 Å². The summed E-state index contributed by atoms with van der Waals surface area (Å²) in [6.45, 7) is 1.71. The molecule has 5 atom stereocenters. The smallest absolute Gasteiger partial charge is 0.302 e. The van der Waals surface area contributed by atoms with E-state index in [-0.39, 0.29) is 26.4 Å². The van der Waals surface area contributed by atoms with Crippen molar-refractivity contribution in [2.24, 2.45) is 0 Å². The molecule has 8 nitrogen and oxygen atoms in total. The third kappa shape index (κ3) is 9.67. The van der Waals surface area contributed by atoms with E-state index in [4.69, 9.17) is 68.6 Å². The molecular weight excluding hydrogens is 605 g/mol. The summed E-state index contributed by atoms with van der Waals surface area (Å²) < 4.78 is 34.4. The second kappa shape index (κ2) is 15.7. The van der Waals surface area contributed by atoms with Crippen molar-refractivity contribution in [3.63, 3.8) is 0 Å². The molecule has 1 aliphatic heterocycles. The maximum atomic E-state index is 11.8. The van der Waals surface area contributed by atoms with Gasteiger partial charge in [0.25, 0.3) is 3.79 Å². The minimum absolute atomic E-state index is 0.168. The van der Waals surface area contributed by atoms with Gasteiger partial charge in [-0.25, -0.2) is 0 Å². The summed E-state index contributed by atoms with van der Waals surface area (Å²) >= 11 is 17.8. The Balaban J connectivity index is 1.68. The molecular formula is C31H32Cl3NO7. The predicted octanol–water partition coefficient (Wildman–Crippen LogP) is 6.39. The highest BCUT2D eigenvalue weighted by Crippen LogP contribution is 2.34. The van der Waals surface area contributed by atoms with E-state index < -0.39 is 46.4 Å². The van der Waals surface area contributed by atoms with E-state index in [1.54, 1.807) is 0 Å². The van der Waals surface area contributed by atoms with Crippen molar-refractivity contribution in [2.75, 3.05) is 6.61 Å². The Kier molecular flexibility index (Phi) is 12.0. The van der Waals surface area contributed by atoms with Gasteiger partial charge in [0.15, 0.2) is 0 Å². The summed E-state index contributed by atoms with van der Waals surface area (Å²) in [5.74, 6) is -1.17. The zero-order chi connectivity index (χ0) is 30.0. The second-order valence-electron chi connectivity index (χ2n) is 9.57. The third-order valence-corrected chi connectivity index (χ3v) is 6.90. The molecule has 11 heteroatoms. The van der Waals surface area contributed by atoms with Crippen LogP contribution in [0.1, 0.15) is 23.6 Å². The maximum Gasteiger partial charge on any atom is 0.302 e. The standard InChI is InChI=1S/C31H32Cl3NO7/c1-21(36)37-20-25-26(38-17-22-11-5-2-6-12-22)27(39-18-23-13-7-3-8-14-23)28(40-19-24-15-9-4-10-16-24)29(41-25)42-30(35)31(32,33)34/h2-16,25-29,35H,17-20H2,1H3/t25?,26-,27-,28?,29?/m0/s1. The Bertz CT molecular complexity index is 1260. The number of rotatable bonds is 12. The Labute approximate surface area is 260 Å². The lowest BCUT2D eigenvalue weighted by Gasteiger charge is -2.45. The Morgan fingerprint density at radius 3 is 1.60 bits per heavy atom. The van der Waals surface area contributed by atoms with E-state index in [0.29, 0.717) is 0 Å². The minimum atomic E-state index is -2.15. The lowest BCUT2D eigenvalue weighted by Crippen LogP contribution is -2.62. The van der Waals surface area contributed by atoms with Gasteiger partial charge in [-0.15, -0.1) is 0 Å². The molecule has 1 saturated heterocycles. The SMILES string of the molecule is CC(=O)OCC1OC(OC(=N)C(Cl)(Cl)Cl)C(OCc2ccccc2)[C@@H](OCc2ccccc2)[C@H]1OCc1ccccc1. The summed E-state index contributed by atoms with van der Waals surface area (Å²) in [4.78, 5) is 11.8. The van der Waals surface area contributed by atoms with Crippen molar-refractivity contribution in [3.8, 4) is 0 Å². The zero-order valence-corrected chi connectivity index (χ0v) is 25.1. The topological polar surface area (TPSA) is 96.3 Å². The molecule has 1 N–H and O–H groups in total. The maximum absolute atomic E-state index is 11.8. The average Bonchev–Trinajstić information content (AvgIpc) is 2.98. The van der Waals surface area contributed by atoms with Gasteiger partial charge in [0.2, 0.25) is 12.2 Å². The minimum Gasteiger partial charge on any atom is -0.463 e. The van der Waals surface area contributed by atoms with Crippen LogP contribution in [0.15, 0.2) is 91.0 Å². The number of esters is 1. The van der Waals surface area contributed by atoms with Crippen LogP contribution in [0, 0.1) is 5.41 Å². The summed E-state index contributed by atoms with van der Waals surface area (Å²) in [7, 11) is 0. The van der Waals surface area contributed by atoms with Crippen LogP contribution in [0.5, 0.6) is 0 Å². The molecule has 1 aliphatic rings. The molecule has 224 valence electrons. The van der Waals surface area contributed by atoms with Crippen molar-refractivity contribution >= 4 is 46.7 Å². The Hall–Kier alpha value is -2.69. The first-order valence-corrected chi connectivity index (χ1v) is 14.4. The van der Waals surface area contributed by atoms with Gasteiger partial charge in [0.05, 0.1) is 19.8 Å². The number of hydrogen-bond donors (Lipinski definition) is 1. The molecule has 0 amide bonds. The molecule has 1 heterocycles. The van der Waals surface area contributed by atoms with E-state index in [1.165, 1.54) is 6.92 Å². The number of nitrogens with one attached hydrogen (secondary N) is 1. The number of carbonyl (C=O) groups excluding carboxylic acids is 1. The summed E-state index contributed by atoms with van der Waals surface area (Å²) in [5, 5.41) is 8.23. The van der Waals surface area contributed by atoms with Crippen molar-refractivity contribution in [1.29, 1.82) is 5.41 Å². The van der Waals surface area contributed by atoms with Crippen molar-refractivity contribution in [3.05, 3.63) is 108 Å². The summed E-state index contributed by atoms with van der Waals surface area (Å²) in [5.41, 5.74) is 2.72. The Morgan fingerprint density at radius 2 is 1.17 bits per heavy atom. The van der Waals surface area contributed by atoms with E-state index in [9.17, 15) is 4.79 Å². The number of hydrogen-bond acceptors (Lipinski definition) is 8. The fraction of sp³-hybridized carbons (Fsp3) is 0.355. The molecule has 3 aromatic rings. The number of alkyl halides is 3. The highest BCUT2D eigenvalue weighted by atomic mass is 35.6. The van der Waals surface area contributed by atoms with Crippen LogP contribution in [-0.4, -0.2) is 53.0 Å². The lowest BCUT2D eigenvalue weighted by molar-refractivity contribution is -0.312. The molecule has 4 rings (SSSR count).